The van der Waals surface area contributed by atoms with Crippen molar-refractivity contribution in [1.82, 2.24) is 5.32 Å². The van der Waals surface area contributed by atoms with Crippen LogP contribution in [0.5, 0.6) is 5.75 Å². The van der Waals surface area contributed by atoms with E-state index < -0.39 is 0 Å². The van der Waals surface area contributed by atoms with E-state index in [1.165, 1.54) is 32.1 Å². The van der Waals surface area contributed by atoms with Crippen molar-refractivity contribution in [1.29, 1.82) is 0 Å². The zero-order valence-electron chi connectivity index (χ0n) is 14.4. The van der Waals surface area contributed by atoms with E-state index in [9.17, 15) is 4.79 Å². The molecule has 1 aromatic rings. The number of carbonyl (C=O) groups is 1. The number of amides is 1. The van der Waals surface area contributed by atoms with Gasteiger partial charge in [-0.15, -0.1) is 0 Å². The Hall–Kier alpha value is -1.55. The van der Waals surface area contributed by atoms with Crippen molar-refractivity contribution in [2.45, 2.75) is 57.4 Å². The highest BCUT2D eigenvalue weighted by atomic mass is 16.5. The van der Waals surface area contributed by atoms with Crippen LogP contribution in [0, 0.1) is 5.92 Å². The third kappa shape index (κ3) is 5.24. The van der Waals surface area contributed by atoms with Gasteiger partial charge in [0.1, 0.15) is 5.75 Å². The van der Waals surface area contributed by atoms with E-state index in [1.54, 1.807) is 7.11 Å². The van der Waals surface area contributed by atoms with Gasteiger partial charge in [-0.2, -0.15) is 0 Å². The molecular weight excluding hydrogens is 288 g/mol. The lowest BCUT2D eigenvalue weighted by molar-refractivity contribution is -0.122. The van der Waals surface area contributed by atoms with Gasteiger partial charge in [-0.1, -0.05) is 38.3 Å². The monoisotopic (exact) mass is 318 g/mol. The number of nitrogens with two attached hydrogens (primary N) is 1. The van der Waals surface area contributed by atoms with Gasteiger partial charge >= 0.3 is 0 Å². The lowest BCUT2D eigenvalue weighted by Gasteiger charge is -2.30. The Morgan fingerprint density at radius 1 is 1.35 bits per heavy atom. The van der Waals surface area contributed by atoms with Crippen LogP contribution in [0.3, 0.4) is 0 Å². The second-order valence-corrected chi connectivity index (χ2v) is 6.69. The van der Waals surface area contributed by atoms with Crippen molar-refractivity contribution in [2.24, 2.45) is 11.7 Å². The summed E-state index contributed by atoms with van der Waals surface area (Å²) < 4.78 is 5.25. The van der Waals surface area contributed by atoms with Gasteiger partial charge in [-0.3, -0.25) is 4.79 Å². The summed E-state index contributed by atoms with van der Waals surface area (Å²) in [7, 11) is 1.66. The molecule has 1 aliphatic rings. The SMILES string of the molecule is COc1cccc(C(C)CC(=O)NC(CN)C2CCCCC2)c1. The average molecular weight is 318 g/mol. The highest BCUT2D eigenvalue weighted by Crippen LogP contribution is 2.27. The van der Waals surface area contributed by atoms with E-state index in [1.807, 2.05) is 24.3 Å². The molecule has 0 radical (unpaired) electrons. The maximum absolute atomic E-state index is 12.4. The van der Waals surface area contributed by atoms with Crippen LogP contribution >= 0.6 is 0 Å². The smallest absolute Gasteiger partial charge is 0.220 e. The van der Waals surface area contributed by atoms with Crippen LogP contribution in [0.4, 0.5) is 0 Å². The Balaban J connectivity index is 1.89. The third-order valence-corrected chi connectivity index (χ3v) is 4.97. The minimum atomic E-state index is 0.0985. The Morgan fingerprint density at radius 2 is 2.09 bits per heavy atom. The minimum absolute atomic E-state index is 0.0985. The van der Waals surface area contributed by atoms with Gasteiger partial charge in [0.05, 0.1) is 7.11 Å². The number of nitrogens with one attached hydrogen (secondary N) is 1. The Morgan fingerprint density at radius 3 is 2.74 bits per heavy atom. The second kappa shape index (κ2) is 8.92. The molecule has 0 aromatic heterocycles. The van der Waals surface area contributed by atoms with E-state index in [4.69, 9.17) is 10.5 Å². The van der Waals surface area contributed by atoms with Crippen molar-refractivity contribution in [3.8, 4) is 5.75 Å². The van der Waals surface area contributed by atoms with Crippen LogP contribution in [-0.2, 0) is 4.79 Å². The quantitative estimate of drug-likeness (QED) is 0.811. The highest BCUT2D eigenvalue weighted by Gasteiger charge is 2.24. The summed E-state index contributed by atoms with van der Waals surface area (Å²) in [6.07, 6.45) is 6.70. The fourth-order valence-electron chi connectivity index (χ4n) is 3.52. The Bertz CT molecular complexity index is 498. The van der Waals surface area contributed by atoms with E-state index in [2.05, 4.69) is 12.2 Å². The first-order valence-corrected chi connectivity index (χ1v) is 8.77. The standard InChI is InChI=1S/C19H30N2O2/c1-14(16-9-6-10-17(12-16)23-2)11-19(22)21-18(13-20)15-7-4-3-5-8-15/h6,9-10,12,14-15,18H,3-5,7-8,11,13,20H2,1-2H3,(H,21,22). The van der Waals surface area contributed by atoms with Crippen LogP contribution in [-0.4, -0.2) is 25.6 Å². The molecule has 0 aliphatic heterocycles. The normalized spacial score (nSPS) is 18.2. The molecule has 1 saturated carbocycles. The molecule has 1 aromatic carbocycles. The van der Waals surface area contributed by atoms with Gasteiger partial charge in [0.25, 0.3) is 0 Å². The van der Waals surface area contributed by atoms with Gasteiger partial charge in [0.15, 0.2) is 0 Å². The van der Waals surface area contributed by atoms with E-state index in [-0.39, 0.29) is 17.9 Å². The summed E-state index contributed by atoms with van der Waals surface area (Å²) in [5.41, 5.74) is 7.03. The van der Waals surface area contributed by atoms with Crippen molar-refractivity contribution >= 4 is 5.91 Å². The topological polar surface area (TPSA) is 64.3 Å². The van der Waals surface area contributed by atoms with Crippen LogP contribution in [0.1, 0.15) is 56.9 Å². The first-order chi connectivity index (χ1) is 11.1. The summed E-state index contributed by atoms with van der Waals surface area (Å²) in [6.45, 7) is 2.61. The molecule has 2 atom stereocenters. The largest absolute Gasteiger partial charge is 0.497 e. The van der Waals surface area contributed by atoms with Gasteiger partial charge in [-0.05, 0) is 42.4 Å². The molecule has 1 aliphatic carbocycles. The van der Waals surface area contributed by atoms with Crippen LogP contribution in [0.25, 0.3) is 0 Å². The van der Waals surface area contributed by atoms with Crippen molar-refractivity contribution in [2.75, 3.05) is 13.7 Å². The second-order valence-electron chi connectivity index (χ2n) is 6.69. The van der Waals surface area contributed by atoms with E-state index in [0.717, 1.165) is 11.3 Å². The predicted molar refractivity (Wildman–Crippen MR) is 93.6 cm³/mol. The number of ether oxygens (including phenoxy) is 1. The summed E-state index contributed by atoms with van der Waals surface area (Å²) in [5.74, 6) is 1.64. The van der Waals surface area contributed by atoms with Gasteiger partial charge < -0.3 is 15.8 Å². The molecule has 23 heavy (non-hydrogen) atoms. The molecular formula is C19H30N2O2. The summed E-state index contributed by atoms with van der Waals surface area (Å²) in [4.78, 5) is 12.4. The molecule has 1 amide bonds. The fraction of sp³-hybridized carbons (Fsp3) is 0.632. The molecule has 2 unspecified atom stereocenters. The maximum Gasteiger partial charge on any atom is 0.220 e. The number of benzene rings is 1. The molecule has 0 saturated heterocycles. The molecule has 0 heterocycles. The molecule has 2 rings (SSSR count). The third-order valence-electron chi connectivity index (χ3n) is 4.97. The lowest BCUT2D eigenvalue weighted by atomic mass is 9.83. The zero-order valence-corrected chi connectivity index (χ0v) is 14.4. The summed E-state index contributed by atoms with van der Waals surface area (Å²) in [5, 5.41) is 3.17. The van der Waals surface area contributed by atoms with Crippen LogP contribution < -0.4 is 15.8 Å². The van der Waals surface area contributed by atoms with Crippen molar-refractivity contribution < 1.29 is 9.53 Å². The number of hydrogen-bond acceptors (Lipinski definition) is 3. The van der Waals surface area contributed by atoms with Gasteiger partial charge in [0, 0.05) is 19.0 Å². The molecule has 0 bridgehead atoms. The van der Waals surface area contributed by atoms with Crippen molar-refractivity contribution in [3.63, 3.8) is 0 Å². The fourth-order valence-corrected chi connectivity index (χ4v) is 3.52. The summed E-state index contributed by atoms with van der Waals surface area (Å²) in [6, 6.07) is 8.05. The molecule has 3 N–H and O–H groups in total. The molecule has 1 fully saturated rings. The maximum atomic E-state index is 12.4. The first-order valence-electron chi connectivity index (χ1n) is 8.77. The van der Waals surface area contributed by atoms with Crippen LogP contribution in [0.15, 0.2) is 24.3 Å². The Kier molecular flexibility index (Phi) is 6.90. The molecule has 4 heteroatoms. The minimum Gasteiger partial charge on any atom is -0.497 e. The Labute approximate surface area is 139 Å². The molecule has 128 valence electrons. The van der Waals surface area contributed by atoms with Gasteiger partial charge in [0.2, 0.25) is 5.91 Å². The van der Waals surface area contributed by atoms with E-state index >= 15 is 0 Å². The number of hydrogen-bond donors (Lipinski definition) is 2. The van der Waals surface area contributed by atoms with Crippen molar-refractivity contribution in [3.05, 3.63) is 29.8 Å². The van der Waals surface area contributed by atoms with Crippen LogP contribution in [0.2, 0.25) is 0 Å². The molecule has 4 nitrogen and oxygen atoms in total. The predicted octanol–water partition coefficient (Wildman–Crippen LogP) is 3.21. The summed E-state index contributed by atoms with van der Waals surface area (Å²) >= 11 is 0. The number of carbonyl (C=O) groups excluding carboxylic acids is 1. The zero-order chi connectivity index (χ0) is 16.7. The lowest BCUT2D eigenvalue weighted by Crippen LogP contribution is -2.46. The van der Waals surface area contributed by atoms with Gasteiger partial charge in [-0.25, -0.2) is 0 Å². The number of methoxy groups -OCH3 is 1. The van der Waals surface area contributed by atoms with E-state index in [0.29, 0.717) is 18.9 Å². The first kappa shape index (κ1) is 17.8. The average Bonchev–Trinajstić information content (AvgIpc) is 2.60. The highest BCUT2D eigenvalue weighted by molar-refractivity contribution is 5.77. The number of rotatable bonds is 7. The molecule has 0 spiro atoms.